The van der Waals surface area contributed by atoms with E-state index in [0.29, 0.717) is 6.42 Å². The second kappa shape index (κ2) is 7.20. The van der Waals surface area contributed by atoms with Gasteiger partial charge < -0.3 is 21.5 Å². The van der Waals surface area contributed by atoms with Crippen LogP contribution in [0.2, 0.25) is 0 Å². The van der Waals surface area contributed by atoms with Gasteiger partial charge in [0.1, 0.15) is 6.04 Å². The summed E-state index contributed by atoms with van der Waals surface area (Å²) in [6.07, 6.45) is 1.20. The summed E-state index contributed by atoms with van der Waals surface area (Å²) in [6.45, 7) is 7.44. The maximum atomic E-state index is 12.1. The van der Waals surface area contributed by atoms with E-state index >= 15 is 0 Å². The van der Waals surface area contributed by atoms with Crippen LogP contribution in [0.15, 0.2) is 0 Å². The number of aliphatic hydroxyl groups is 1. The van der Waals surface area contributed by atoms with Crippen LogP contribution >= 0.6 is 0 Å². The van der Waals surface area contributed by atoms with Gasteiger partial charge in [0.05, 0.1) is 0 Å². The van der Waals surface area contributed by atoms with Crippen LogP contribution in [0.5, 0.6) is 0 Å². The first kappa shape index (κ1) is 16.7. The quantitative estimate of drug-likeness (QED) is 0.530. The highest BCUT2D eigenvalue weighted by Crippen LogP contribution is 2.12. The minimum atomic E-state index is -0.713. The van der Waals surface area contributed by atoms with Crippen molar-refractivity contribution in [2.45, 2.75) is 52.1 Å². The molecule has 0 aromatic heterocycles. The third-order valence-electron chi connectivity index (χ3n) is 2.99. The lowest BCUT2D eigenvalue weighted by molar-refractivity contribution is -0.125. The van der Waals surface area contributed by atoms with E-state index in [-0.39, 0.29) is 18.4 Å². The van der Waals surface area contributed by atoms with Gasteiger partial charge in [-0.15, -0.1) is 0 Å². The molecule has 0 aromatic carbocycles. The van der Waals surface area contributed by atoms with Gasteiger partial charge >= 0.3 is 6.03 Å². The number of aliphatic hydroxyl groups excluding tert-OH is 1. The van der Waals surface area contributed by atoms with Gasteiger partial charge in [0.15, 0.2) is 0 Å². The maximum Gasteiger partial charge on any atom is 0.312 e. The molecule has 0 aliphatic carbocycles. The molecule has 6 heteroatoms. The van der Waals surface area contributed by atoms with Crippen molar-refractivity contribution in [3.63, 3.8) is 0 Å². The average Bonchev–Trinajstić information content (AvgIpc) is 2.23. The Kier molecular flexibility index (Phi) is 6.68. The van der Waals surface area contributed by atoms with E-state index in [1.54, 1.807) is 0 Å². The Morgan fingerprint density at radius 1 is 1.39 bits per heavy atom. The lowest BCUT2D eigenvalue weighted by Crippen LogP contribution is -2.56. The fourth-order valence-corrected chi connectivity index (χ4v) is 1.61. The van der Waals surface area contributed by atoms with Crippen LogP contribution in [0.3, 0.4) is 0 Å². The summed E-state index contributed by atoms with van der Waals surface area (Å²) in [5.74, 6) is -0.288. The fourth-order valence-electron chi connectivity index (χ4n) is 1.61. The molecule has 0 radical (unpaired) electrons. The highest BCUT2D eigenvalue weighted by molar-refractivity contribution is 5.87. The van der Waals surface area contributed by atoms with Crippen molar-refractivity contribution in [3.8, 4) is 0 Å². The molecular weight excluding hydrogens is 234 g/mol. The average molecular weight is 259 g/mol. The summed E-state index contributed by atoms with van der Waals surface area (Å²) in [6, 6.07) is -1.36. The lowest BCUT2D eigenvalue weighted by atomic mass is 9.95. The van der Waals surface area contributed by atoms with E-state index in [1.807, 2.05) is 27.7 Å². The predicted octanol–water partition coefficient (Wildman–Crippen LogP) is 0.347. The number of primary amides is 1. The first-order valence-electron chi connectivity index (χ1n) is 6.22. The Hall–Kier alpha value is -1.30. The molecule has 2 atom stereocenters. The first-order valence-corrected chi connectivity index (χ1v) is 6.22. The number of urea groups is 1. The van der Waals surface area contributed by atoms with E-state index in [4.69, 9.17) is 10.8 Å². The molecule has 0 saturated heterocycles. The Labute approximate surface area is 108 Å². The van der Waals surface area contributed by atoms with E-state index in [9.17, 15) is 9.59 Å². The smallest absolute Gasteiger partial charge is 0.312 e. The molecule has 0 fully saturated rings. The van der Waals surface area contributed by atoms with Crippen LogP contribution in [-0.2, 0) is 4.79 Å². The monoisotopic (exact) mass is 259 g/mol. The van der Waals surface area contributed by atoms with Gasteiger partial charge in [-0.3, -0.25) is 4.79 Å². The largest absolute Gasteiger partial charge is 0.396 e. The van der Waals surface area contributed by atoms with Crippen LogP contribution < -0.4 is 16.4 Å². The van der Waals surface area contributed by atoms with Gasteiger partial charge in [-0.25, -0.2) is 4.79 Å². The van der Waals surface area contributed by atoms with Gasteiger partial charge in [0.25, 0.3) is 0 Å². The minimum Gasteiger partial charge on any atom is -0.396 e. The van der Waals surface area contributed by atoms with Gasteiger partial charge in [-0.1, -0.05) is 20.3 Å². The van der Waals surface area contributed by atoms with Crippen molar-refractivity contribution in [2.24, 2.45) is 11.7 Å². The highest BCUT2D eigenvalue weighted by Gasteiger charge is 2.29. The zero-order chi connectivity index (χ0) is 14.3. The van der Waals surface area contributed by atoms with Gasteiger partial charge in [0.2, 0.25) is 5.91 Å². The van der Waals surface area contributed by atoms with Crippen molar-refractivity contribution in [1.29, 1.82) is 0 Å². The Balaban J connectivity index is 4.70. The van der Waals surface area contributed by atoms with Crippen molar-refractivity contribution in [1.82, 2.24) is 10.6 Å². The third-order valence-corrected chi connectivity index (χ3v) is 2.99. The van der Waals surface area contributed by atoms with Crippen LogP contribution in [0.4, 0.5) is 4.79 Å². The molecule has 0 heterocycles. The molecule has 0 aliphatic heterocycles. The number of nitrogens with one attached hydrogen (secondary N) is 2. The summed E-state index contributed by atoms with van der Waals surface area (Å²) in [5.41, 5.74) is 4.56. The predicted molar refractivity (Wildman–Crippen MR) is 69.9 cm³/mol. The topological polar surface area (TPSA) is 104 Å². The molecule has 0 spiro atoms. The molecule has 6 nitrogen and oxygen atoms in total. The second-order valence-electron chi connectivity index (χ2n) is 5.22. The van der Waals surface area contributed by atoms with Crippen LogP contribution in [-0.4, -0.2) is 35.2 Å². The molecular formula is C12H25N3O3. The van der Waals surface area contributed by atoms with Crippen molar-refractivity contribution in [3.05, 3.63) is 0 Å². The number of carbonyl (C=O) groups is 2. The normalized spacial score (nSPS) is 14.7. The van der Waals surface area contributed by atoms with Crippen LogP contribution in [0.1, 0.15) is 40.5 Å². The number of rotatable bonds is 7. The summed E-state index contributed by atoms with van der Waals surface area (Å²) >= 11 is 0. The van der Waals surface area contributed by atoms with Crippen LogP contribution in [0.25, 0.3) is 0 Å². The first-order chi connectivity index (χ1) is 8.23. The summed E-state index contributed by atoms with van der Waals surface area (Å²) in [5, 5.41) is 14.2. The summed E-state index contributed by atoms with van der Waals surface area (Å²) in [4.78, 5) is 23.0. The number of nitrogens with two attached hydrogens (primary N) is 1. The number of hydrogen-bond acceptors (Lipinski definition) is 3. The van der Waals surface area contributed by atoms with Crippen molar-refractivity contribution in [2.75, 3.05) is 6.61 Å². The minimum absolute atomic E-state index is 0.00940. The van der Waals surface area contributed by atoms with Crippen molar-refractivity contribution >= 4 is 11.9 Å². The number of amides is 3. The highest BCUT2D eigenvalue weighted by atomic mass is 16.3. The third kappa shape index (κ3) is 5.86. The maximum absolute atomic E-state index is 12.1. The molecule has 0 rings (SSSR count). The molecule has 0 aliphatic rings. The molecule has 5 N–H and O–H groups in total. The second-order valence-corrected chi connectivity index (χ2v) is 5.22. The van der Waals surface area contributed by atoms with Crippen LogP contribution in [0, 0.1) is 5.92 Å². The van der Waals surface area contributed by atoms with Crippen molar-refractivity contribution < 1.29 is 14.7 Å². The number of hydrogen-bond donors (Lipinski definition) is 4. The molecule has 3 amide bonds. The SMILES string of the molecule is CCC(C)C(NC(N)=O)C(=O)NC(C)(C)CCO. The van der Waals surface area contributed by atoms with Gasteiger partial charge in [-0.2, -0.15) is 0 Å². The standard InChI is InChI=1S/C12H25N3O3/c1-5-8(2)9(14-11(13)18)10(17)15-12(3,4)6-7-16/h8-9,16H,5-7H2,1-4H3,(H,15,17)(H3,13,14,18). The Morgan fingerprint density at radius 2 is 1.94 bits per heavy atom. The van der Waals surface area contributed by atoms with E-state index in [1.165, 1.54) is 0 Å². The van der Waals surface area contributed by atoms with E-state index < -0.39 is 17.6 Å². The molecule has 0 aromatic rings. The lowest BCUT2D eigenvalue weighted by Gasteiger charge is -2.30. The Morgan fingerprint density at radius 3 is 2.33 bits per heavy atom. The molecule has 106 valence electrons. The molecule has 0 bridgehead atoms. The van der Waals surface area contributed by atoms with E-state index in [2.05, 4.69) is 10.6 Å². The zero-order valence-corrected chi connectivity index (χ0v) is 11.6. The zero-order valence-electron chi connectivity index (χ0n) is 11.6. The fraction of sp³-hybridized carbons (Fsp3) is 0.833. The Bertz CT molecular complexity index is 292. The summed E-state index contributed by atoms with van der Waals surface area (Å²) < 4.78 is 0. The number of carbonyl (C=O) groups excluding carboxylic acids is 2. The molecule has 18 heavy (non-hydrogen) atoms. The van der Waals surface area contributed by atoms with E-state index in [0.717, 1.165) is 6.42 Å². The summed E-state index contributed by atoms with van der Waals surface area (Å²) in [7, 11) is 0. The molecule has 0 saturated carbocycles. The van der Waals surface area contributed by atoms with Gasteiger partial charge in [-0.05, 0) is 26.2 Å². The van der Waals surface area contributed by atoms with Gasteiger partial charge in [0, 0.05) is 12.1 Å². The molecule has 2 unspecified atom stereocenters.